The lowest BCUT2D eigenvalue weighted by Crippen LogP contribution is -2.23. The van der Waals surface area contributed by atoms with Gasteiger partial charge >= 0.3 is 12.4 Å². The highest BCUT2D eigenvalue weighted by atomic mass is 19.4. The third kappa shape index (κ3) is 6.61. The Hall–Kier alpha value is -5.33. The van der Waals surface area contributed by atoms with Gasteiger partial charge in [-0.1, -0.05) is 36.4 Å². The lowest BCUT2D eigenvalue weighted by Gasteiger charge is -2.20. The van der Waals surface area contributed by atoms with E-state index in [1.807, 2.05) is 0 Å². The largest absolute Gasteiger partial charge is 0.417 e. The Morgan fingerprint density at radius 3 is 2.00 bits per heavy atom. The number of amides is 1. The van der Waals surface area contributed by atoms with Gasteiger partial charge in [0.1, 0.15) is 11.6 Å². The van der Waals surface area contributed by atoms with E-state index in [0.29, 0.717) is 17.4 Å². The van der Waals surface area contributed by atoms with Crippen LogP contribution in [-0.4, -0.2) is 22.0 Å². The number of rotatable bonds is 7. The molecule has 43 heavy (non-hydrogen) atoms. The molecule has 3 aromatic carbocycles. The number of aromatic nitrogens is 2. The highest BCUT2D eigenvalue weighted by Crippen LogP contribution is 2.36. The van der Waals surface area contributed by atoms with E-state index < -0.39 is 46.7 Å². The van der Waals surface area contributed by atoms with Gasteiger partial charge in [0, 0.05) is 23.1 Å². The van der Waals surface area contributed by atoms with Crippen LogP contribution in [0.25, 0.3) is 16.7 Å². The smallest absolute Gasteiger partial charge is 0.361 e. The van der Waals surface area contributed by atoms with Crippen LogP contribution in [0.4, 0.5) is 49.4 Å². The fourth-order valence-corrected chi connectivity index (χ4v) is 4.34. The van der Waals surface area contributed by atoms with Crippen molar-refractivity contribution in [3.8, 4) is 5.69 Å². The number of hydrogen-bond acceptors (Lipinski definition) is 5. The van der Waals surface area contributed by atoms with Gasteiger partial charge in [-0.05, 0) is 54.6 Å². The Kier molecular flexibility index (Phi) is 7.81. The molecule has 0 saturated carbocycles. The molecule has 3 N–H and O–H groups in total. The lowest BCUT2D eigenvalue weighted by atomic mass is 10.1. The number of para-hydroxylation sites is 2. The van der Waals surface area contributed by atoms with Gasteiger partial charge in [0.2, 0.25) is 5.91 Å². The zero-order valence-electron chi connectivity index (χ0n) is 21.9. The first kappa shape index (κ1) is 29.2. The lowest BCUT2D eigenvalue weighted by molar-refractivity contribution is -0.138. The van der Waals surface area contributed by atoms with E-state index in [4.69, 9.17) is 0 Å². The average molecular weight is 598 g/mol. The quantitative estimate of drug-likeness (QED) is 0.173. The van der Waals surface area contributed by atoms with Gasteiger partial charge in [-0.2, -0.15) is 26.3 Å². The standard InChI is InChI=1S/C30H21F6N5O2/c31-29(32,33)18-11-13-20(14-12-18)39-26(43)17-37-24-15-22(30(34,35)36)27-23(42)16-25(38-19-7-3-1-4-8-19)41(28(27)40-24)21-9-5-2-6-10-21/h1-16,38H,17H2,(H,37,40)(H,39,43). The van der Waals surface area contributed by atoms with Crippen molar-refractivity contribution in [3.05, 3.63) is 118 Å². The van der Waals surface area contributed by atoms with E-state index in [-0.39, 0.29) is 23.0 Å². The molecule has 2 heterocycles. The van der Waals surface area contributed by atoms with Gasteiger partial charge < -0.3 is 16.0 Å². The van der Waals surface area contributed by atoms with Crippen LogP contribution in [-0.2, 0) is 17.1 Å². The van der Waals surface area contributed by atoms with Crippen molar-refractivity contribution in [1.29, 1.82) is 0 Å². The number of halogens is 6. The van der Waals surface area contributed by atoms with Crippen LogP contribution in [0.1, 0.15) is 11.1 Å². The molecule has 5 rings (SSSR count). The number of fused-ring (bicyclic) bond motifs is 1. The maximum atomic E-state index is 14.3. The molecule has 0 radical (unpaired) electrons. The summed E-state index contributed by atoms with van der Waals surface area (Å²) in [6.07, 6.45) is -9.51. The average Bonchev–Trinajstić information content (AvgIpc) is 2.96. The van der Waals surface area contributed by atoms with Crippen LogP contribution >= 0.6 is 0 Å². The zero-order valence-corrected chi connectivity index (χ0v) is 21.9. The molecule has 0 saturated heterocycles. The number of anilines is 4. The molecule has 0 fully saturated rings. The summed E-state index contributed by atoms with van der Waals surface area (Å²) in [5.41, 5.74) is -2.39. The Morgan fingerprint density at radius 1 is 0.767 bits per heavy atom. The Labute approximate surface area is 239 Å². The molecular weight excluding hydrogens is 576 g/mol. The Morgan fingerprint density at radius 2 is 1.40 bits per heavy atom. The molecule has 0 spiro atoms. The predicted molar refractivity (Wildman–Crippen MR) is 151 cm³/mol. The maximum Gasteiger partial charge on any atom is 0.417 e. The van der Waals surface area contributed by atoms with Crippen LogP contribution in [0.15, 0.2) is 102 Å². The van der Waals surface area contributed by atoms with Crippen molar-refractivity contribution < 1.29 is 31.1 Å². The summed E-state index contributed by atoms with van der Waals surface area (Å²) >= 11 is 0. The van der Waals surface area contributed by atoms with Crippen molar-refractivity contribution in [2.24, 2.45) is 0 Å². The van der Waals surface area contributed by atoms with Gasteiger partial charge in [-0.15, -0.1) is 0 Å². The second-order valence-corrected chi connectivity index (χ2v) is 9.28. The maximum absolute atomic E-state index is 14.3. The van der Waals surface area contributed by atoms with Gasteiger partial charge in [0.25, 0.3) is 0 Å². The van der Waals surface area contributed by atoms with Gasteiger partial charge in [0.15, 0.2) is 11.1 Å². The summed E-state index contributed by atoms with van der Waals surface area (Å²) in [7, 11) is 0. The first-order valence-corrected chi connectivity index (χ1v) is 12.7. The van der Waals surface area contributed by atoms with Crippen molar-refractivity contribution in [1.82, 2.24) is 9.55 Å². The number of nitrogens with zero attached hydrogens (tertiary/aromatic N) is 2. The van der Waals surface area contributed by atoms with Crippen LogP contribution < -0.4 is 21.4 Å². The number of nitrogens with one attached hydrogen (secondary N) is 3. The SMILES string of the molecule is O=C(CNc1cc(C(F)(F)F)c2c(=O)cc(Nc3ccccc3)n(-c3ccccc3)c2n1)Nc1ccc(C(F)(F)F)cc1. The Balaban J connectivity index is 1.55. The molecule has 2 aromatic heterocycles. The second kappa shape index (κ2) is 11.5. The summed E-state index contributed by atoms with van der Waals surface area (Å²) < 4.78 is 82.6. The van der Waals surface area contributed by atoms with E-state index in [9.17, 15) is 35.9 Å². The van der Waals surface area contributed by atoms with Crippen LogP contribution in [0.5, 0.6) is 0 Å². The highest BCUT2D eigenvalue weighted by molar-refractivity contribution is 5.94. The third-order valence-electron chi connectivity index (χ3n) is 6.26. The van der Waals surface area contributed by atoms with Crippen LogP contribution in [0.3, 0.4) is 0 Å². The molecule has 7 nitrogen and oxygen atoms in total. The van der Waals surface area contributed by atoms with Crippen LogP contribution in [0, 0.1) is 0 Å². The first-order valence-electron chi connectivity index (χ1n) is 12.7. The summed E-state index contributed by atoms with van der Waals surface area (Å²) in [6.45, 7) is -0.575. The minimum atomic E-state index is -4.96. The molecule has 0 aliphatic heterocycles. The molecule has 13 heteroatoms. The fraction of sp³-hybridized carbons (Fsp3) is 0.100. The number of alkyl halides is 6. The van der Waals surface area contributed by atoms with Crippen LogP contribution in [0.2, 0.25) is 0 Å². The topological polar surface area (TPSA) is 88.1 Å². The third-order valence-corrected chi connectivity index (χ3v) is 6.26. The molecule has 0 aliphatic carbocycles. The monoisotopic (exact) mass is 597 g/mol. The van der Waals surface area contributed by atoms with Crippen molar-refractivity contribution in [3.63, 3.8) is 0 Å². The fourth-order valence-electron chi connectivity index (χ4n) is 4.34. The van der Waals surface area contributed by atoms with Crippen molar-refractivity contribution in [2.45, 2.75) is 12.4 Å². The molecule has 220 valence electrons. The molecule has 0 atom stereocenters. The molecular formula is C30H21F6N5O2. The van der Waals surface area contributed by atoms with E-state index in [0.717, 1.165) is 30.3 Å². The number of pyridine rings is 2. The normalized spacial score (nSPS) is 11.8. The van der Waals surface area contributed by atoms with E-state index in [1.165, 1.54) is 4.57 Å². The van der Waals surface area contributed by atoms with E-state index in [1.54, 1.807) is 60.7 Å². The number of hydrogen-bond donors (Lipinski definition) is 3. The molecule has 1 amide bonds. The summed E-state index contributed by atoms with van der Waals surface area (Å²) in [5.74, 6) is -0.966. The number of carbonyl (C=O) groups is 1. The van der Waals surface area contributed by atoms with Gasteiger partial charge in [0.05, 0.1) is 23.1 Å². The number of benzene rings is 3. The highest BCUT2D eigenvalue weighted by Gasteiger charge is 2.36. The summed E-state index contributed by atoms with van der Waals surface area (Å²) in [5, 5.41) is 7.29. The van der Waals surface area contributed by atoms with Crippen molar-refractivity contribution in [2.75, 3.05) is 22.5 Å². The first-order chi connectivity index (χ1) is 20.4. The van der Waals surface area contributed by atoms with Gasteiger partial charge in [-0.3, -0.25) is 14.2 Å². The summed E-state index contributed by atoms with van der Waals surface area (Å²) in [4.78, 5) is 30.0. The minimum Gasteiger partial charge on any atom is -0.361 e. The van der Waals surface area contributed by atoms with Crippen molar-refractivity contribution >= 4 is 40.0 Å². The summed E-state index contributed by atoms with van der Waals surface area (Å²) in [6, 6.07) is 22.4. The molecule has 0 aliphatic rings. The molecule has 0 unspecified atom stereocenters. The minimum absolute atomic E-state index is 0.0526. The zero-order chi connectivity index (χ0) is 30.8. The predicted octanol–water partition coefficient (Wildman–Crippen LogP) is 7.22. The Bertz CT molecular complexity index is 1820. The van der Waals surface area contributed by atoms with E-state index in [2.05, 4.69) is 20.9 Å². The van der Waals surface area contributed by atoms with E-state index >= 15 is 0 Å². The molecule has 0 bridgehead atoms. The molecule has 5 aromatic rings. The van der Waals surface area contributed by atoms with Gasteiger partial charge in [-0.25, -0.2) is 4.98 Å². The number of carbonyl (C=O) groups excluding carboxylic acids is 1. The second-order valence-electron chi connectivity index (χ2n) is 9.28.